The normalized spacial score (nSPS) is 15.8. The van der Waals surface area contributed by atoms with Gasteiger partial charge in [-0.1, -0.05) is 0 Å². The summed E-state index contributed by atoms with van der Waals surface area (Å²) in [7, 11) is 2.00. The number of hydrogen-bond acceptors (Lipinski definition) is 3. The molecule has 2 heterocycles. The molecule has 17 heavy (non-hydrogen) atoms. The van der Waals surface area contributed by atoms with Gasteiger partial charge in [-0.2, -0.15) is 0 Å². The first-order valence-electron chi connectivity index (χ1n) is 5.85. The van der Waals surface area contributed by atoms with Crippen molar-refractivity contribution in [1.82, 2.24) is 9.80 Å². The molecule has 0 aromatic carbocycles. The Hall–Kier alpha value is -0.390. The van der Waals surface area contributed by atoms with Gasteiger partial charge in [-0.15, -0.1) is 11.3 Å². The predicted molar refractivity (Wildman–Crippen MR) is 74.2 cm³/mol. The molecule has 0 spiro atoms. The van der Waals surface area contributed by atoms with Gasteiger partial charge in [-0.3, -0.25) is 9.69 Å². The Kier molecular flexibility index (Phi) is 4.59. The van der Waals surface area contributed by atoms with Crippen molar-refractivity contribution >= 4 is 33.2 Å². The van der Waals surface area contributed by atoms with Crippen LogP contribution >= 0.6 is 27.3 Å². The lowest BCUT2D eigenvalue weighted by atomic mass is 10.4. The molecule has 1 aromatic rings. The van der Waals surface area contributed by atoms with E-state index in [0.717, 1.165) is 36.3 Å². The number of carbonyl (C=O) groups is 1. The highest BCUT2D eigenvalue weighted by Gasteiger charge is 2.19. The zero-order chi connectivity index (χ0) is 12.3. The number of thiophene rings is 1. The van der Waals surface area contributed by atoms with Crippen LogP contribution in [0.1, 0.15) is 17.7 Å². The van der Waals surface area contributed by atoms with Gasteiger partial charge in [-0.05, 0) is 48.0 Å². The molecular formula is C12H17BrN2OS. The molecule has 0 unspecified atom stereocenters. The van der Waals surface area contributed by atoms with E-state index in [4.69, 9.17) is 0 Å². The van der Waals surface area contributed by atoms with Gasteiger partial charge in [0.15, 0.2) is 0 Å². The third-order valence-electron chi connectivity index (χ3n) is 2.92. The molecule has 3 nitrogen and oxygen atoms in total. The van der Waals surface area contributed by atoms with E-state index in [1.165, 1.54) is 4.88 Å². The summed E-state index contributed by atoms with van der Waals surface area (Å²) in [6.07, 6.45) is 2.32. The molecule has 0 radical (unpaired) electrons. The number of likely N-dealkylation sites (tertiary alicyclic amines) is 1. The number of amides is 1. The first kappa shape index (κ1) is 13.1. The minimum atomic E-state index is 0.264. The maximum atomic E-state index is 11.9. The molecule has 1 aromatic heterocycles. The van der Waals surface area contributed by atoms with E-state index in [-0.39, 0.29) is 5.91 Å². The molecule has 1 saturated heterocycles. The Bertz CT molecular complexity index is 388. The maximum Gasteiger partial charge on any atom is 0.236 e. The van der Waals surface area contributed by atoms with E-state index in [9.17, 15) is 4.79 Å². The van der Waals surface area contributed by atoms with Crippen molar-refractivity contribution in [1.29, 1.82) is 0 Å². The molecule has 1 fully saturated rings. The van der Waals surface area contributed by atoms with Crippen molar-refractivity contribution in [3.8, 4) is 0 Å². The van der Waals surface area contributed by atoms with Gasteiger partial charge < -0.3 is 4.90 Å². The van der Waals surface area contributed by atoms with Crippen LogP contribution in [0.5, 0.6) is 0 Å². The van der Waals surface area contributed by atoms with E-state index >= 15 is 0 Å². The van der Waals surface area contributed by atoms with Crippen LogP contribution in [0.25, 0.3) is 0 Å². The Balaban J connectivity index is 1.80. The fourth-order valence-corrected chi connectivity index (χ4v) is 3.62. The van der Waals surface area contributed by atoms with E-state index in [2.05, 4.69) is 33.0 Å². The third-order valence-corrected chi connectivity index (χ3v) is 4.53. The topological polar surface area (TPSA) is 23.6 Å². The average molecular weight is 317 g/mol. The molecule has 1 aliphatic rings. The molecule has 1 aliphatic heterocycles. The zero-order valence-electron chi connectivity index (χ0n) is 9.99. The van der Waals surface area contributed by atoms with Crippen LogP contribution in [0.15, 0.2) is 15.9 Å². The summed E-state index contributed by atoms with van der Waals surface area (Å²) >= 11 is 5.18. The van der Waals surface area contributed by atoms with Gasteiger partial charge in [0.25, 0.3) is 0 Å². The summed E-state index contributed by atoms with van der Waals surface area (Å²) in [6, 6.07) is 4.15. The second kappa shape index (κ2) is 5.98. The molecular weight excluding hydrogens is 300 g/mol. The monoisotopic (exact) mass is 316 g/mol. The highest BCUT2D eigenvalue weighted by molar-refractivity contribution is 9.11. The van der Waals surface area contributed by atoms with Gasteiger partial charge in [0.1, 0.15) is 0 Å². The number of likely N-dealkylation sites (N-methyl/N-ethyl adjacent to an activating group) is 1. The SMILES string of the molecule is CN(CC(=O)N1CCCC1)Cc1ccc(Br)s1. The number of carbonyl (C=O) groups excluding carboxylic acids is 1. The standard InChI is InChI=1S/C12H17BrN2OS/c1-14(8-10-4-5-11(13)17-10)9-12(16)15-6-2-3-7-15/h4-5H,2-3,6-9H2,1H3. The van der Waals surface area contributed by atoms with E-state index < -0.39 is 0 Å². The van der Waals surface area contributed by atoms with E-state index in [0.29, 0.717) is 6.54 Å². The predicted octanol–water partition coefficient (Wildman–Crippen LogP) is 2.56. The molecule has 5 heteroatoms. The first-order chi connectivity index (χ1) is 8.15. The van der Waals surface area contributed by atoms with Crippen molar-refractivity contribution in [2.24, 2.45) is 0 Å². The summed E-state index contributed by atoms with van der Waals surface area (Å²) in [6.45, 7) is 3.25. The lowest BCUT2D eigenvalue weighted by molar-refractivity contribution is -0.131. The van der Waals surface area contributed by atoms with Gasteiger partial charge in [-0.25, -0.2) is 0 Å². The fourth-order valence-electron chi connectivity index (χ4n) is 2.06. The Morgan fingerprint density at radius 1 is 1.47 bits per heavy atom. The molecule has 0 N–H and O–H groups in total. The molecule has 0 saturated carbocycles. The maximum absolute atomic E-state index is 11.9. The Morgan fingerprint density at radius 3 is 2.76 bits per heavy atom. The van der Waals surface area contributed by atoms with Crippen LogP contribution in [0, 0.1) is 0 Å². The van der Waals surface area contributed by atoms with Crippen molar-refractivity contribution in [2.75, 3.05) is 26.7 Å². The lowest BCUT2D eigenvalue weighted by Crippen LogP contribution is -2.36. The minimum absolute atomic E-state index is 0.264. The van der Waals surface area contributed by atoms with Crippen LogP contribution in [-0.4, -0.2) is 42.4 Å². The first-order valence-corrected chi connectivity index (χ1v) is 7.46. The molecule has 2 rings (SSSR count). The zero-order valence-corrected chi connectivity index (χ0v) is 12.4. The highest BCUT2D eigenvalue weighted by atomic mass is 79.9. The second-order valence-electron chi connectivity index (χ2n) is 4.47. The van der Waals surface area contributed by atoms with Crippen LogP contribution in [0.4, 0.5) is 0 Å². The van der Waals surface area contributed by atoms with Crippen LogP contribution < -0.4 is 0 Å². The summed E-state index contributed by atoms with van der Waals surface area (Å²) in [5, 5.41) is 0. The van der Waals surface area contributed by atoms with Crippen molar-refractivity contribution in [2.45, 2.75) is 19.4 Å². The second-order valence-corrected chi connectivity index (χ2v) is 7.01. The van der Waals surface area contributed by atoms with Crippen LogP contribution in [0.3, 0.4) is 0 Å². The van der Waals surface area contributed by atoms with E-state index in [1.807, 2.05) is 11.9 Å². The minimum Gasteiger partial charge on any atom is -0.342 e. The summed E-state index contributed by atoms with van der Waals surface area (Å²) in [5.74, 6) is 0.264. The smallest absolute Gasteiger partial charge is 0.236 e. The van der Waals surface area contributed by atoms with Crippen molar-refractivity contribution in [3.63, 3.8) is 0 Å². The average Bonchev–Trinajstić information content (AvgIpc) is 2.89. The van der Waals surface area contributed by atoms with Gasteiger partial charge >= 0.3 is 0 Å². The molecule has 0 atom stereocenters. The number of rotatable bonds is 4. The highest BCUT2D eigenvalue weighted by Crippen LogP contribution is 2.23. The van der Waals surface area contributed by atoms with Crippen LogP contribution in [-0.2, 0) is 11.3 Å². The number of hydrogen-bond donors (Lipinski definition) is 0. The van der Waals surface area contributed by atoms with Crippen molar-refractivity contribution in [3.05, 3.63) is 20.8 Å². The van der Waals surface area contributed by atoms with Gasteiger partial charge in [0.05, 0.1) is 10.3 Å². The number of halogens is 1. The molecule has 1 amide bonds. The van der Waals surface area contributed by atoms with Crippen LogP contribution in [0.2, 0.25) is 0 Å². The molecule has 0 bridgehead atoms. The molecule has 0 aliphatic carbocycles. The van der Waals surface area contributed by atoms with Gasteiger partial charge in [0.2, 0.25) is 5.91 Å². The third kappa shape index (κ3) is 3.79. The van der Waals surface area contributed by atoms with E-state index in [1.54, 1.807) is 11.3 Å². The van der Waals surface area contributed by atoms with Gasteiger partial charge in [0, 0.05) is 24.5 Å². The summed E-state index contributed by atoms with van der Waals surface area (Å²) < 4.78 is 1.15. The lowest BCUT2D eigenvalue weighted by Gasteiger charge is -2.20. The van der Waals surface area contributed by atoms with Crippen molar-refractivity contribution < 1.29 is 4.79 Å². The fraction of sp³-hybridized carbons (Fsp3) is 0.583. The molecule has 94 valence electrons. The Labute approximate surface area is 115 Å². The largest absolute Gasteiger partial charge is 0.342 e. The summed E-state index contributed by atoms with van der Waals surface area (Å²) in [4.78, 5) is 17.3. The number of nitrogens with zero attached hydrogens (tertiary/aromatic N) is 2. The quantitative estimate of drug-likeness (QED) is 0.852. The Morgan fingerprint density at radius 2 is 2.18 bits per heavy atom. The summed E-state index contributed by atoms with van der Waals surface area (Å²) in [5.41, 5.74) is 0.